The maximum absolute atomic E-state index is 2.40. The second-order valence-corrected chi connectivity index (χ2v) is 9.49. The van der Waals surface area contributed by atoms with Gasteiger partial charge in [0.2, 0.25) is 0 Å². The molecular formula is C29H42. The second kappa shape index (κ2) is 12.2. The summed E-state index contributed by atoms with van der Waals surface area (Å²) in [7, 11) is 0. The van der Waals surface area contributed by atoms with Gasteiger partial charge >= 0.3 is 0 Å². The third-order valence-corrected chi connectivity index (χ3v) is 6.95. The highest BCUT2D eigenvalue weighted by molar-refractivity contribution is 5.24. The maximum Gasteiger partial charge on any atom is -0.0250 e. The maximum atomic E-state index is 2.40. The van der Waals surface area contributed by atoms with E-state index in [2.05, 4.69) is 62.4 Å². The molecule has 0 heterocycles. The van der Waals surface area contributed by atoms with Crippen LogP contribution in [0, 0.1) is 11.8 Å². The molecule has 0 radical (unpaired) electrons. The lowest BCUT2D eigenvalue weighted by atomic mass is 9.77. The summed E-state index contributed by atoms with van der Waals surface area (Å²) in [5, 5.41) is 0. The highest BCUT2D eigenvalue weighted by Crippen LogP contribution is 2.33. The molecule has 1 aliphatic rings. The first-order chi connectivity index (χ1) is 14.3. The number of hydrogen-bond donors (Lipinski definition) is 0. The first-order valence-corrected chi connectivity index (χ1v) is 12.4. The van der Waals surface area contributed by atoms with Gasteiger partial charge in [0.1, 0.15) is 0 Å². The van der Waals surface area contributed by atoms with E-state index < -0.39 is 0 Å². The van der Waals surface area contributed by atoms with E-state index in [9.17, 15) is 0 Å². The van der Waals surface area contributed by atoms with Crippen LogP contribution in [0.3, 0.4) is 0 Å². The van der Waals surface area contributed by atoms with Crippen molar-refractivity contribution >= 4 is 0 Å². The Balaban J connectivity index is 1.39. The first kappa shape index (κ1) is 22.1. The zero-order valence-corrected chi connectivity index (χ0v) is 19.0. The van der Waals surface area contributed by atoms with Gasteiger partial charge in [0.25, 0.3) is 0 Å². The van der Waals surface area contributed by atoms with Crippen LogP contribution < -0.4 is 0 Å². The molecule has 0 amide bonds. The molecule has 0 atom stereocenters. The number of rotatable bonds is 11. The van der Waals surface area contributed by atoms with E-state index in [1.807, 2.05) is 0 Å². The van der Waals surface area contributed by atoms with Crippen LogP contribution >= 0.6 is 0 Å². The molecule has 3 rings (SSSR count). The van der Waals surface area contributed by atoms with Crippen LogP contribution in [-0.4, -0.2) is 0 Å². The highest BCUT2D eigenvalue weighted by Gasteiger charge is 2.21. The standard InChI is InChI=1S/C29H42/c1-3-5-7-9-25-12-16-27(17-13-25)23-29-20-18-28(19-21-29)22-26-14-10-24(11-15-26)8-6-4-2/h10-17,28-29H,3-9,18-23H2,1-2H3/t28-,29-. The minimum atomic E-state index is 0.897. The third kappa shape index (κ3) is 7.65. The van der Waals surface area contributed by atoms with E-state index in [1.165, 1.54) is 94.6 Å². The summed E-state index contributed by atoms with van der Waals surface area (Å²) in [4.78, 5) is 0. The van der Waals surface area contributed by atoms with Crippen LogP contribution in [-0.2, 0) is 25.7 Å². The van der Waals surface area contributed by atoms with Crippen molar-refractivity contribution in [2.75, 3.05) is 0 Å². The molecule has 0 aliphatic heterocycles. The molecule has 2 aromatic carbocycles. The molecule has 29 heavy (non-hydrogen) atoms. The molecule has 0 aromatic heterocycles. The number of aryl methyl sites for hydroxylation is 2. The molecule has 0 unspecified atom stereocenters. The fraction of sp³-hybridized carbons (Fsp3) is 0.586. The summed E-state index contributed by atoms with van der Waals surface area (Å²) in [5.74, 6) is 1.79. The normalized spacial score (nSPS) is 19.4. The van der Waals surface area contributed by atoms with Gasteiger partial charge in [-0.1, -0.05) is 81.6 Å². The van der Waals surface area contributed by atoms with Crippen molar-refractivity contribution < 1.29 is 0 Å². The fourth-order valence-corrected chi connectivity index (χ4v) is 4.95. The Labute approximate surface area is 180 Å². The predicted octanol–water partition coefficient (Wildman–Crippen LogP) is 8.35. The van der Waals surface area contributed by atoms with Crippen molar-refractivity contribution in [2.45, 2.75) is 97.3 Å². The number of benzene rings is 2. The Morgan fingerprint density at radius 2 is 0.897 bits per heavy atom. The molecule has 1 aliphatic carbocycles. The summed E-state index contributed by atoms with van der Waals surface area (Å²) < 4.78 is 0. The predicted molar refractivity (Wildman–Crippen MR) is 128 cm³/mol. The van der Waals surface area contributed by atoms with Crippen LogP contribution in [0.2, 0.25) is 0 Å². The zero-order valence-electron chi connectivity index (χ0n) is 19.0. The SMILES string of the molecule is CCCCCc1ccc(C[C@H]2CC[C@H](Cc3ccc(CCCC)cc3)CC2)cc1. The van der Waals surface area contributed by atoms with Gasteiger partial charge in [-0.3, -0.25) is 0 Å². The molecule has 0 spiro atoms. The molecule has 0 saturated heterocycles. The van der Waals surface area contributed by atoms with E-state index in [1.54, 1.807) is 11.1 Å². The van der Waals surface area contributed by atoms with Crippen molar-refractivity contribution in [3.8, 4) is 0 Å². The molecule has 1 fully saturated rings. The minimum absolute atomic E-state index is 0.897. The molecule has 0 heteroatoms. The van der Waals surface area contributed by atoms with Gasteiger partial charge in [-0.15, -0.1) is 0 Å². The van der Waals surface area contributed by atoms with Gasteiger partial charge in [-0.05, 0) is 98.3 Å². The summed E-state index contributed by atoms with van der Waals surface area (Å²) >= 11 is 0. The number of unbranched alkanes of at least 4 members (excludes halogenated alkanes) is 3. The Morgan fingerprint density at radius 1 is 0.517 bits per heavy atom. The van der Waals surface area contributed by atoms with E-state index >= 15 is 0 Å². The van der Waals surface area contributed by atoms with Crippen LogP contribution in [0.25, 0.3) is 0 Å². The highest BCUT2D eigenvalue weighted by atomic mass is 14.3. The smallest absolute Gasteiger partial charge is 0.0250 e. The van der Waals surface area contributed by atoms with Crippen molar-refractivity contribution in [2.24, 2.45) is 11.8 Å². The monoisotopic (exact) mass is 390 g/mol. The second-order valence-electron chi connectivity index (χ2n) is 9.49. The topological polar surface area (TPSA) is 0 Å². The van der Waals surface area contributed by atoms with E-state index in [0.717, 1.165) is 11.8 Å². The molecule has 0 nitrogen and oxygen atoms in total. The van der Waals surface area contributed by atoms with Gasteiger partial charge in [0.05, 0.1) is 0 Å². The Morgan fingerprint density at radius 3 is 1.31 bits per heavy atom. The summed E-state index contributed by atoms with van der Waals surface area (Å²) in [5.41, 5.74) is 6.13. The number of hydrogen-bond acceptors (Lipinski definition) is 0. The lowest BCUT2D eigenvalue weighted by Crippen LogP contribution is -2.18. The van der Waals surface area contributed by atoms with Crippen LogP contribution in [0.15, 0.2) is 48.5 Å². The average Bonchev–Trinajstić information content (AvgIpc) is 2.76. The van der Waals surface area contributed by atoms with Gasteiger partial charge in [-0.25, -0.2) is 0 Å². The fourth-order valence-electron chi connectivity index (χ4n) is 4.95. The van der Waals surface area contributed by atoms with Crippen molar-refractivity contribution in [1.29, 1.82) is 0 Å². The summed E-state index contributed by atoms with van der Waals surface area (Å²) in [6, 6.07) is 19.0. The Kier molecular flexibility index (Phi) is 9.32. The third-order valence-electron chi connectivity index (χ3n) is 6.95. The summed E-state index contributed by atoms with van der Waals surface area (Å²) in [6.45, 7) is 4.55. The van der Waals surface area contributed by atoms with E-state index in [-0.39, 0.29) is 0 Å². The molecule has 0 bridgehead atoms. The van der Waals surface area contributed by atoms with E-state index in [0.29, 0.717) is 0 Å². The molecule has 1 saturated carbocycles. The van der Waals surface area contributed by atoms with Crippen molar-refractivity contribution in [1.82, 2.24) is 0 Å². The molecule has 158 valence electrons. The first-order valence-electron chi connectivity index (χ1n) is 12.4. The lowest BCUT2D eigenvalue weighted by molar-refractivity contribution is 0.272. The van der Waals surface area contributed by atoms with Gasteiger partial charge in [-0.2, -0.15) is 0 Å². The van der Waals surface area contributed by atoms with Crippen LogP contribution in [0.1, 0.15) is 93.9 Å². The van der Waals surface area contributed by atoms with Gasteiger partial charge in [0.15, 0.2) is 0 Å². The van der Waals surface area contributed by atoms with Crippen molar-refractivity contribution in [3.63, 3.8) is 0 Å². The van der Waals surface area contributed by atoms with Crippen LogP contribution in [0.5, 0.6) is 0 Å². The van der Waals surface area contributed by atoms with Gasteiger partial charge in [0, 0.05) is 0 Å². The molecular weight excluding hydrogens is 348 g/mol. The minimum Gasteiger partial charge on any atom is -0.0654 e. The molecule has 2 aromatic rings. The Hall–Kier alpha value is -1.56. The summed E-state index contributed by atoms with van der Waals surface area (Å²) in [6.07, 6.45) is 17.3. The quantitative estimate of drug-likeness (QED) is 0.338. The Bertz CT molecular complexity index is 671. The van der Waals surface area contributed by atoms with E-state index in [4.69, 9.17) is 0 Å². The van der Waals surface area contributed by atoms with Crippen LogP contribution in [0.4, 0.5) is 0 Å². The lowest BCUT2D eigenvalue weighted by Gasteiger charge is -2.28. The van der Waals surface area contributed by atoms with Gasteiger partial charge < -0.3 is 0 Å². The molecule has 0 N–H and O–H groups in total. The largest absolute Gasteiger partial charge is 0.0654 e. The zero-order chi connectivity index (χ0) is 20.3. The van der Waals surface area contributed by atoms with Crippen molar-refractivity contribution in [3.05, 3.63) is 70.8 Å². The average molecular weight is 391 g/mol.